The van der Waals surface area contributed by atoms with Crippen LogP contribution in [0.15, 0.2) is 91.3 Å². The molecule has 3 amide bonds. The molecule has 5 aromatic rings. The summed E-state index contributed by atoms with van der Waals surface area (Å²) in [5.74, 6) is 1.20. The van der Waals surface area contributed by atoms with Crippen LogP contribution in [0.25, 0.3) is 33.6 Å². The largest absolute Gasteiger partial charge is 0.465 e. The normalized spacial score (nSPS) is 17.5. The van der Waals surface area contributed by atoms with E-state index in [9.17, 15) is 24.3 Å². The summed E-state index contributed by atoms with van der Waals surface area (Å²) < 4.78 is 0. The second-order valence-electron chi connectivity index (χ2n) is 13.9. The molecule has 2 aliphatic rings. The topological polar surface area (TPSA) is 156 Å². The van der Waals surface area contributed by atoms with Crippen molar-refractivity contribution < 1.29 is 24.3 Å². The number of hydrogen-bond donors (Lipinski definition) is 3. The van der Waals surface area contributed by atoms with E-state index in [1.165, 1.54) is 14.0 Å². The average Bonchev–Trinajstić information content (AvgIpc) is 4.01. The minimum Gasteiger partial charge on any atom is -0.465 e. The van der Waals surface area contributed by atoms with Crippen LogP contribution in [0.3, 0.4) is 0 Å². The van der Waals surface area contributed by atoms with Crippen LogP contribution in [0.5, 0.6) is 0 Å². The number of likely N-dealkylation sites (N-methyl/N-ethyl adjacent to an activating group) is 1. The molecular formula is C41H43N7O5. The van der Waals surface area contributed by atoms with E-state index in [0.29, 0.717) is 24.5 Å². The summed E-state index contributed by atoms with van der Waals surface area (Å²) in [6.45, 7) is 2.71. The van der Waals surface area contributed by atoms with Gasteiger partial charge in [0.25, 0.3) is 5.91 Å². The number of carbonyl (C=O) groups is 4. The Bertz CT molecular complexity index is 2090. The minimum absolute atomic E-state index is 0.00340. The number of aromatic amines is 2. The van der Waals surface area contributed by atoms with Gasteiger partial charge in [-0.1, -0.05) is 78.9 Å². The van der Waals surface area contributed by atoms with Gasteiger partial charge >= 0.3 is 6.09 Å². The van der Waals surface area contributed by atoms with Gasteiger partial charge < -0.3 is 29.7 Å². The molecular weight excluding hydrogens is 670 g/mol. The zero-order valence-corrected chi connectivity index (χ0v) is 29.9. The first-order valence-corrected chi connectivity index (χ1v) is 18.1. The molecule has 4 heterocycles. The standard InChI is InChI=1S/C41H43N7O5/c1-26(49)12-21-36(50)47-22-6-10-34(47)38-42-24-32(44-38)29-17-13-27(14-18-29)28-15-19-30(20-16-28)33-25-43-39(45-33)35-11-7-23-48(35)40(51)37(46(2)41(52)53)31-8-4-3-5-9-31/h3-5,8-9,13-20,24-25,34-35,37H,6-7,10-12,21-23H2,1-2H3,(H,42,44)(H,43,45)(H,52,53)/t34?,35-,37+/m0/s1. The maximum Gasteiger partial charge on any atom is 0.407 e. The molecule has 272 valence electrons. The Morgan fingerprint density at radius 3 is 1.74 bits per heavy atom. The molecule has 3 aromatic carbocycles. The van der Waals surface area contributed by atoms with E-state index in [4.69, 9.17) is 0 Å². The molecule has 3 N–H and O–H groups in total. The Labute approximate surface area is 307 Å². The zero-order chi connectivity index (χ0) is 37.1. The third-order valence-electron chi connectivity index (χ3n) is 10.4. The number of hydrogen-bond acceptors (Lipinski definition) is 6. The van der Waals surface area contributed by atoms with Crippen molar-refractivity contribution in [3.63, 3.8) is 0 Å². The summed E-state index contributed by atoms with van der Waals surface area (Å²) in [5, 5.41) is 9.77. The first-order chi connectivity index (χ1) is 25.7. The smallest absolute Gasteiger partial charge is 0.407 e. The van der Waals surface area contributed by atoms with Gasteiger partial charge in [-0.05, 0) is 60.4 Å². The number of benzene rings is 3. The van der Waals surface area contributed by atoms with E-state index < -0.39 is 12.1 Å². The van der Waals surface area contributed by atoms with Gasteiger partial charge in [0.15, 0.2) is 0 Å². The van der Waals surface area contributed by atoms with Crippen LogP contribution in [0, 0.1) is 0 Å². The van der Waals surface area contributed by atoms with Gasteiger partial charge in [0.1, 0.15) is 23.5 Å². The lowest BCUT2D eigenvalue weighted by Crippen LogP contribution is -2.43. The van der Waals surface area contributed by atoms with Crippen LogP contribution in [0.4, 0.5) is 4.79 Å². The highest BCUT2D eigenvalue weighted by Crippen LogP contribution is 2.36. The number of carboxylic acid groups (broad SMARTS) is 1. The Kier molecular flexibility index (Phi) is 10.2. The summed E-state index contributed by atoms with van der Waals surface area (Å²) in [4.78, 5) is 70.8. The SMILES string of the molecule is CC(=O)CCC(=O)N1CCCC1c1ncc(-c2ccc(-c3ccc(-c4cnc([C@@H]5CCCN5C(=O)[C@@H](c5ccccc5)N(C)C(=O)O)[nH]4)cc3)cc2)[nH]1. The lowest BCUT2D eigenvalue weighted by molar-refractivity contribution is -0.137. The average molecular weight is 714 g/mol. The van der Waals surface area contributed by atoms with Gasteiger partial charge in [-0.25, -0.2) is 14.8 Å². The second-order valence-corrected chi connectivity index (χ2v) is 13.9. The number of H-pyrrole nitrogens is 2. The van der Waals surface area contributed by atoms with Gasteiger partial charge in [0.2, 0.25) is 5.91 Å². The van der Waals surface area contributed by atoms with E-state index in [-0.39, 0.29) is 42.5 Å². The lowest BCUT2D eigenvalue weighted by Gasteiger charge is -2.32. The van der Waals surface area contributed by atoms with Crippen LogP contribution in [-0.2, 0) is 14.4 Å². The molecule has 7 rings (SSSR count). The number of likely N-dealkylation sites (tertiary alicyclic amines) is 2. The van der Waals surface area contributed by atoms with E-state index in [2.05, 4.69) is 56.3 Å². The van der Waals surface area contributed by atoms with Gasteiger partial charge in [-0.15, -0.1) is 0 Å². The molecule has 0 bridgehead atoms. The molecule has 0 radical (unpaired) electrons. The third-order valence-corrected chi connectivity index (χ3v) is 10.4. The molecule has 2 aromatic heterocycles. The fraction of sp³-hybridized carbons (Fsp3) is 0.317. The molecule has 2 saturated heterocycles. The molecule has 3 atom stereocenters. The molecule has 0 saturated carbocycles. The Morgan fingerprint density at radius 2 is 1.23 bits per heavy atom. The molecule has 2 aliphatic heterocycles. The number of aromatic nitrogens is 4. The van der Waals surface area contributed by atoms with E-state index >= 15 is 0 Å². The summed E-state index contributed by atoms with van der Waals surface area (Å²) in [7, 11) is 1.43. The molecule has 12 nitrogen and oxygen atoms in total. The summed E-state index contributed by atoms with van der Waals surface area (Å²) >= 11 is 0. The molecule has 1 unspecified atom stereocenters. The Hall–Kier alpha value is -6.04. The van der Waals surface area contributed by atoms with Crippen molar-refractivity contribution in [2.75, 3.05) is 20.1 Å². The number of imidazole rings is 2. The number of nitrogens with one attached hydrogen (secondary N) is 2. The van der Waals surface area contributed by atoms with Gasteiger partial charge in [0.05, 0.1) is 35.9 Å². The maximum atomic E-state index is 13.9. The molecule has 12 heteroatoms. The number of nitrogens with zero attached hydrogens (tertiary/aromatic N) is 5. The second kappa shape index (κ2) is 15.3. The number of Topliss-reactive ketones (excluding diaryl/α,β-unsaturated/α-hetero) is 1. The highest BCUT2D eigenvalue weighted by atomic mass is 16.4. The first-order valence-electron chi connectivity index (χ1n) is 18.1. The first kappa shape index (κ1) is 35.4. The van der Waals surface area contributed by atoms with Crippen molar-refractivity contribution in [1.82, 2.24) is 34.6 Å². The van der Waals surface area contributed by atoms with E-state index in [1.807, 2.05) is 29.3 Å². The van der Waals surface area contributed by atoms with Crippen molar-refractivity contribution in [3.8, 4) is 33.6 Å². The monoisotopic (exact) mass is 713 g/mol. The van der Waals surface area contributed by atoms with Crippen LogP contribution in [-0.4, -0.2) is 83.6 Å². The number of carbonyl (C=O) groups excluding carboxylic acids is 3. The summed E-state index contributed by atoms with van der Waals surface area (Å²) in [5.41, 5.74) is 6.40. The van der Waals surface area contributed by atoms with Crippen molar-refractivity contribution >= 4 is 23.7 Å². The van der Waals surface area contributed by atoms with Crippen molar-refractivity contribution in [3.05, 3.63) is 108 Å². The Balaban J connectivity index is 1.02. The van der Waals surface area contributed by atoms with Gasteiger partial charge in [-0.2, -0.15) is 0 Å². The lowest BCUT2D eigenvalue weighted by atomic mass is 10.0. The van der Waals surface area contributed by atoms with Crippen LogP contribution < -0.4 is 0 Å². The van der Waals surface area contributed by atoms with Crippen LogP contribution in [0.1, 0.15) is 80.8 Å². The fourth-order valence-corrected chi connectivity index (χ4v) is 7.52. The third kappa shape index (κ3) is 7.48. The quantitative estimate of drug-likeness (QED) is 0.131. The molecule has 0 spiro atoms. The van der Waals surface area contributed by atoms with Gasteiger partial charge in [-0.3, -0.25) is 14.5 Å². The molecule has 0 aliphatic carbocycles. The minimum atomic E-state index is -1.17. The number of amides is 3. The molecule has 53 heavy (non-hydrogen) atoms. The predicted molar refractivity (Wildman–Crippen MR) is 199 cm³/mol. The van der Waals surface area contributed by atoms with Crippen molar-refractivity contribution in [1.29, 1.82) is 0 Å². The van der Waals surface area contributed by atoms with Gasteiger partial charge in [0, 0.05) is 33.0 Å². The number of rotatable bonds is 11. The van der Waals surface area contributed by atoms with Crippen LogP contribution >= 0.6 is 0 Å². The highest BCUT2D eigenvalue weighted by Gasteiger charge is 2.39. The Morgan fingerprint density at radius 1 is 0.736 bits per heavy atom. The molecule has 2 fully saturated rings. The van der Waals surface area contributed by atoms with Crippen molar-refractivity contribution in [2.45, 2.75) is 63.6 Å². The van der Waals surface area contributed by atoms with E-state index in [0.717, 1.165) is 70.0 Å². The number of ketones is 1. The highest BCUT2D eigenvalue weighted by molar-refractivity contribution is 5.87. The zero-order valence-electron chi connectivity index (χ0n) is 29.9. The summed E-state index contributed by atoms with van der Waals surface area (Å²) in [6, 6.07) is 24.1. The maximum absolute atomic E-state index is 13.9. The fourth-order valence-electron chi connectivity index (χ4n) is 7.52. The van der Waals surface area contributed by atoms with E-state index in [1.54, 1.807) is 35.4 Å². The van der Waals surface area contributed by atoms with Crippen LogP contribution in [0.2, 0.25) is 0 Å². The van der Waals surface area contributed by atoms with Crippen molar-refractivity contribution in [2.24, 2.45) is 0 Å². The summed E-state index contributed by atoms with van der Waals surface area (Å²) in [6.07, 6.45) is 6.20. The predicted octanol–water partition coefficient (Wildman–Crippen LogP) is 7.18.